The fourth-order valence-corrected chi connectivity index (χ4v) is 4.46. The van der Waals surface area contributed by atoms with Crippen LogP contribution < -0.4 is 5.32 Å². The second-order valence-corrected chi connectivity index (χ2v) is 7.89. The van der Waals surface area contributed by atoms with E-state index in [1.54, 1.807) is 18.2 Å². The van der Waals surface area contributed by atoms with Crippen LogP contribution in [0.25, 0.3) is 0 Å². The molecule has 0 amide bonds. The molecule has 6 heteroatoms. The predicted molar refractivity (Wildman–Crippen MR) is 84.5 cm³/mol. The largest absolute Gasteiger partial charge is 0.381 e. The average molecular weight is 332 g/mol. The van der Waals surface area contributed by atoms with Crippen molar-refractivity contribution in [3.63, 3.8) is 0 Å². The number of benzene rings is 1. The summed E-state index contributed by atoms with van der Waals surface area (Å²) in [5, 5.41) is 3.80. The highest BCUT2D eigenvalue weighted by atomic mass is 35.5. The maximum Gasteiger partial charge on any atom is 0.179 e. The molecule has 1 N–H and O–H groups in total. The van der Waals surface area contributed by atoms with Gasteiger partial charge < -0.3 is 10.1 Å². The standard InChI is InChI=1S/C15H22ClNO3S/c1-2-7-17-15(12-6-8-20-10-12)11-21(18,19)14-5-3-4-13(16)9-14/h3-5,9,12,15,17H,2,6-8,10-11H2,1H3. The van der Waals surface area contributed by atoms with E-state index in [9.17, 15) is 8.42 Å². The van der Waals surface area contributed by atoms with Gasteiger partial charge in [-0.15, -0.1) is 0 Å². The number of hydrogen-bond acceptors (Lipinski definition) is 4. The molecule has 0 aliphatic carbocycles. The lowest BCUT2D eigenvalue weighted by Gasteiger charge is -2.23. The molecule has 1 aliphatic rings. The fraction of sp³-hybridized carbons (Fsp3) is 0.600. The van der Waals surface area contributed by atoms with E-state index in [1.165, 1.54) is 6.07 Å². The number of halogens is 1. The van der Waals surface area contributed by atoms with Gasteiger partial charge >= 0.3 is 0 Å². The van der Waals surface area contributed by atoms with Crippen molar-refractivity contribution in [2.75, 3.05) is 25.5 Å². The van der Waals surface area contributed by atoms with E-state index in [4.69, 9.17) is 16.3 Å². The monoisotopic (exact) mass is 331 g/mol. The summed E-state index contributed by atoms with van der Waals surface area (Å²) < 4.78 is 30.6. The normalized spacial score (nSPS) is 20.6. The number of ether oxygens (including phenoxy) is 1. The molecule has 4 nitrogen and oxygen atoms in total. The number of hydrogen-bond donors (Lipinski definition) is 1. The first-order valence-electron chi connectivity index (χ1n) is 7.32. The quantitative estimate of drug-likeness (QED) is 0.834. The molecule has 1 aromatic rings. The van der Waals surface area contributed by atoms with Crippen LogP contribution in [0.3, 0.4) is 0 Å². The van der Waals surface area contributed by atoms with Gasteiger partial charge in [-0.05, 0) is 37.6 Å². The third kappa shape index (κ3) is 4.68. The maximum absolute atomic E-state index is 12.6. The molecule has 2 rings (SSSR count). The van der Waals surface area contributed by atoms with Crippen molar-refractivity contribution in [1.29, 1.82) is 0 Å². The van der Waals surface area contributed by atoms with Gasteiger partial charge in [0.05, 0.1) is 17.3 Å². The molecule has 2 atom stereocenters. The highest BCUT2D eigenvalue weighted by molar-refractivity contribution is 7.91. The number of sulfone groups is 1. The molecule has 1 heterocycles. The van der Waals surface area contributed by atoms with E-state index < -0.39 is 9.84 Å². The molecule has 1 aromatic carbocycles. The third-order valence-electron chi connectivity index (χ3n) is 3.74. The Morgan fingerprint density at radius 3 is 2.90 bits per heavy atom. The molecular formula is C15H22ClNO3S. The van der Waals surface area contributed by atoms with E-state index in [1.807, 2.05) is 0 Å². The summed E-state index contributed by atoms with van der Waals surface area (Å²) >= 11 is 5.90. The van der Waals surface area contributed by atoms with Crippen LogP contribution >= 0.6 is 11.6 Å². The summed E-state index contributed by atoms with van der Waals surface area (Å²) in [7, 11) is -3.35. The summed E-state index contributed by atoms with van der Waals surface area (Å²) in [6.45, 7) is 4.23. The first-order chi connectivity index (χ1) is 10.0. The van der Waals surface area contributed by atoms with Gasteiger partial charge in [-0.1, -0.05) is 24.6 Å². The van der Waals surface area contributed by atoms with Crippen molar-refractivity contribution in [3.05, 3.63) is 29.3 Å². The van der Waals surface area contributed by atoms with Gasteiger partial charge in [0.1, 0.15) is 0 Å². The Bertz CT molecular complexity index is 556. The van der Waals surface area contributed by atoms with Gasteiger partial charge in [0.25, 0.3) is 0 Å². The molecular weight excluding hydrogens is 310 g/mol. The minimum atomic E-state index is -3.35. The van der Waals surface area contributed by atoms with Gasteiger partial charge in [-0.25, -0.2) is 8.42 Å². The second kappa shape index (κ2) is 7.58. The van der Waals surface area contributed by atoms with Crippen LogP contribution in [0.5, 0.6) is 0 Å². The fourth-order valence-electron chi connectivity index (χ4n) is 2.55. The second-order valence-electron chi connectivity index (χ2n) is 5.42. The Kier molecular flexibility index (Phi) is 6.05. The van der Waals surface area contributed by atoms with Crippen LogP contribution in [-0.4, -0.2) is 40.0 Å². The summed E-state index contributed by atoms with van der Waals surface area (Å²) in [6.07, 6.45) is 1.88. The molecule has 2 unspecified atom stereocenters. The summed E-state index contributed by atoms with van der Waals surface area (Å²) in [6, 6.07) is 6.39. The van der Waals surface area contributed by atoms with Crippen molar-refractivity contribution >= 4 is 21.4 Å². The molecule has 0 bridgehead atoms. The summed E-state index contributed by atoms with van der Waals surface area (Å²) in [5.41, 5.74) is 0. The molecule has 0 radical (unpaired) electrons. The van der Waals surface area contributed by atoms with Crippen molar-refractivity contribution in [3.8, 4) is 0 Å². The lowest BCUT2D eigenvalue weighted by Crippen LogP contribution is -2.42. The van der Waals surface area contributed by atoms with E-state index in [0.29, 0.717) is 18.2 Å². The molecule has 118 valence electrons. The number of nitrogens with one attached hydrogen (secondary N) is 1. The van der Waals surface area contributed by atoms with E-state index >= 15 is 0 Å². The summed E-state index contributed by atoms with van der Waals surface area (Å²) in [5.74, 6) is 0.340. The Morgan fingerprint density at radius 1 is 1.48 bits per heavy atom. The molecule has 0 saturated carbocycles. The van der Waals surface area contributed by atoms with E-state index in [-0.39, 0.29) is 22.6 Å². The first-order valence-corrected chi connectivity index (χ1v) is 9.35. The van der Waals surface area contributed by atoms with Crippen LogP contribution in [0.4, 0.5) is 0 Å². The van der Waals surface area contributed by atoms with Crippen molar-refractivity contribution < 1.29 is 13.2 Å². The van der Waals surface area contributed by atoms with Gasteiger partial charge in [0, 0.05) is 23.6 Å². The molecule has 1 aliphatic heterocycles. The van der Waals surface area contributed by atoms with Gasteiger partial charge in [-0.3, -0.25) is 0 Å². The smallest absolute Gasteiger partial charge is 0.179 e. The van der Waals surface area contributed by atoms with Gasteiger partial charge in [0.2, 0.25) is 0 Å². The molecule has 21 heavy (non-hydrogen) atoms. The molecule has 0 aromatic heterocycles. The third-order valence-corrected chi connectivity index (χ3v) is 5.75. The van der Waals surface area contributed by atoms with Crippen LogP contribution in [0.15, 0.2) is 29.2 Å². The zero-order valence-corrected chi connectivity index (χ0v) is 13.8. The molecule has 1 fully saturated rings. The van der Waals surface area contributed by atoms with Crippen LogP contribution in [-0.2, 0) is 14.6 Å². The molecule has 1 saturated heterocycles. The highest BCUT2D eigenvalue weighted by Crippen LogP contribution is 2.22. The van der Waals surface area contributed by atoms with Gasteiger partial charge in [-0.2, -0.15) is 0 Å². The van der Waals surface area contributed by atoms with E-state index in [2.05, 4.69) is 12.2 Å². The SMILES string of the molecule is CCCNC(CS(=O)(=O)c1cccc(Cl)c1)C1CCOC1. The minimum absolute atomic E-state index is 0.0727. The topological polar surface area (TPSA) is 55.4 Å². The average Bonchev–Trinajstić information content (AvgIpc) is 2.97. The van der Waals surface area contributed by atoms with Crippen molar-refractivity contribution in [2.45, 2.75) is 30.7 Å². The lowest BCUT2D eigenvalue weighted by atomic mass is 10.0. The lowest BCUT2D eigenvalue weighted by molar-refractivity contribution is 0.178. The number of rotatable bonds is 7. The van der Waals surface area contributed by atoms with E-state index in [0.717, 1.165) is 19.4 Å². The van der Waals surface area contributed by atoms with Crippen molar-refractivity contribution in [2.24, 2.45) is 5.92 Å². The van der Waals surface area contributed by atoms with Crippen molar-refractivity contribution in [1.82, 2.24) is 5.32 Å². The Labute approximate surface area is 131 Å². The highest BCUT2D eigenvalue weighted by Gasteiger charge is 2.30. The first kappa shape index (κ1) is 16.7. The zero-order valence-electron chi connectivity index (χ0n) is 12.2. The Balaban J connectivity index is 2.13. The maximum atomic E-state index is 12.6. The Hall–Kier alpha value is -0.620. The van der Waals surface area contributed by atoms with Crippen LogP contribution in [0, 0.1) is 5.92 Å². The Morgan fingerprint density at radius 2 is 2.29 bits per heavy atom. The van der Waals surface area contributed by atoms with Crippen LogP contribution in [0.1, 0.15) is 19.8 Å². The van der Waals surface area contributed by atoms with Crippen LogP contribution in [0.2, 0.25) is 5.02 Å². The van der Waals surface area contributed by atoms with Gasteiger partial charge in [0.15, 0.2) is 9.84 Å². The zero-order chi connectivity index (χ0) is 15.3. The summed E-state index contributed by atoms with van der Waals surface area (Å²) in [4.78, 5) is 0.289. The predicted octanol–water partition coefficient (Wildman–Crippen LogP) is 2.52. The minimum Gasteiger partial charge on any atom is -0.381 e. The molecule has 0 spiro atoms.